The van der Waals surface area contributed by atoms with Crippen LogP contribution in [0, 0.1) is 11.3 Å². The summed E-state index contributed by atoms with van der Waals surface area (Å²) in [5, 5.41) is 6.19. The van der Waals surface area contributed by atoms with Gasteiger partial charge in [-0.1, -0.05) is 79.7 Å². The van der Waals surface area contributed by atoms with E-state index in [2.05, 4.69) is 36.3 Å². The maximum Gasteiger partial charge on any atom is 0.249 e. The van der Waals surface area contributed by atoms with E-state index in [0.29, 0.717) is 25.1 Å². The highest BCUT2D eigenvalue weighted by atomic mass is 16.2. The SMILES string of the molecule is CCCCCCCNC(=O)[C@@H]1CCCN1C(=O)/C(C)=C/[C@H](C(C)C)N(C)C(=O)C(NC(=O)C1CCCCN1C(C)C)C(C)(C)C. The molecule has 0 aliphatic carbocycles. The van der Waals surface area contributed by atoms with Crippen LogP contribution in [0.3, 0.4) is 0 Å². The Morgan fingerprint density at radius 1 is 0.889 bits per heavy atom. The molecular formula is C36H65N5O4. The minimum atomic E-state index is -0.717. The predicted molar refractivity (Wildman–Crippen MR) is 183 cm³/mol. The Balaban J connectivity index is 2.16. The molecule has 0 aromatic heterocycles. The number of amides is 4. The lowest BCUT2D eigenvalue weighted by atomic mass is 9.84. The zero-order valence-electron chi connectivity index (χ0n) is 30.2. The maximum atomic E-state index is 14.1. The van der Waals surface area contributed by atoms with E-state index >= 15 is 0 Å². The fraction of sp³-hybridized carbons (Fsp3) is 0.833. The topological polar surface area (TPSA) is 102 Å². The number of carbonyl (C=O) groups is 4. The summed E-state index contributed by atoms with van der Waals surface area (Å²) in [6, 6.07) is -1.53. The van der Waals surface area contributed by atoms with E-state index in [9.17, 15) is 19.2 Å². The predicted octanol–water partition coefficient (Wildman–Crippen LogP) is 5.29. The fourth-order valence-electron chi connectivity index (χ4n) is 6.74. The Labute approximate surface area is 274 Å². The molecule has 2 unspecified atom stereocenters. The lowest BCUT2D eigenvalue weighted by Crippen LogP contribution is -2.60. The van der Waals surface area contributed by atoms with Crippen LogP contribution in [0.1, 0.15) is 127 Å². The molecule has 45 heavy (non-hydrogen) atoms. The van der Waals surface area contributed by atoms with Gasteiger partial charge in [0, 0.05) is 31.8 Å². The highest BCUT2D eigenvalue weighted by Crippen LogP contribution is 2.27. The summed E-state index contributed by atoms with van der Waals surface area (Å²) >= 11 is 0. The van der Waals surface area contributed by atoms with Crippen molar-refractivity contribution in [2.24, 2.45) is 11.3 Å². The van der Waals surface area contributed by atoms with Gasteiger partial charge in [0.1, 0.15) is 12.1 Å². The first-order chi connectivity index (χ1) is 21.1. The van der Waals surface area contributed by atoms with Crippen LogP contribution in [0.4, 0.5) is 0 Å². The Hall–Kier alpha value is -2.42. The first kappa shape index (κ1) is 38.8. The summed E-state index contributed by atoms with van der Waals surface area (Å²) in [5.41, 5.74) is 0.0133. The van der Waals surface area contributed by atoms with E-state index in [4.69, 9.17) is 0 Å². The van der Waals surface area contributed by atoms with Gasteiger partial charge in [-0.2, -0.15) is 0 Å². The van der Waals surface area contributed by atoms with Crippen LogP contribution in [-0.4, -0.2) is 95.2 Å². The second-order valence-corrected chi connectivity index (χ2v) is 15.0. The third kappa shape index (κ3) is 11.1. The van der Waals surface area contributed by atoms with Crippen molar-refractivity contribution in [1.29, 1.82) is 0 Å². The molecule has 2 heterocycles. The number of hydrogen-bond donors (Lipinski definition) is 2. The molecular weight excluding hydrogens is 566 g/mol. The molecule has 0 radical (unpaired) electrons. The number of rotatable bonds is 15. The molecule has 9 nitrogen and oxygen atoms in total. The summed E-state index contributed by atoms with van der Waals surface area (Å²) in [7, 11) is 1.76. The van der Waals surface area contributed by atoms with Gasteiger partial charge in [-0.15, -0.1) is 0 Å². The van der Waals surface area contributed by atoms with Crippen molar-refractivity contribution in [3.05, 3.63) is 11.6 Å². The molecule has 0 spiro atoms. The number of unbranched alkanes of at least 4 members (excludes halogenated alkanes) is 4. The zero-order chi connectivity index (χ0) is 33.9. The number of nitrogens with zero attached hydrogens (tertiary/aromatic N) is 3. The Morgan fingerprint density at radius 3 is 2.13 bits per heavy atom. The van der Waals surface area contributed by atoms with E-state index in [-0.39, 0.29) is 47.7 Å². The van der Waals surface area contributed by atoms with Gasteiger partial charge < -0.3 is 20.4 Å². The minimum absolute atomic E-state index is 0.0261. The van der Waals surface area contributed by atoms with Gasteiger partial charge in [-0.25, -0.2) is 0 Å². The average molecular weight is 632 g/mol. The van der Waals surface area contributed by atoms with Crippen LogP contribution in [0.2, 0.25) is 0 Å². The van der Waals surface area contributed by atoms with E-state index < -0.39 is 17.5 Å². The smallest absolute Gasteiger partial charge is 0.249 e. The van der Waals surface area contributed by atoms with E-state index in [0.717, 1.165) is 45.1 Å². The van der Waals surface area contributed by atoms with Gasteiger partial charge in [0.05, 0.1) is 12.1 Å². The number of hydrogen-bond acceptors (Lipinski definition) is 5. The number of piperidine rings is 1. The fourth-order valence-corrected chi connectivity index (χ4v) is 6.74. The summed E-state index contributed by atoms with van der Waals surface area (Å²) < 4.78 is 0. The second kappa shape index (κ2) is 18.1. The molecule has 0 saturated carbocycles. The molecule has 4 atom stereocenters. The van der Waals surface area contributed by atoms with Crippen LogP contribution in [-0.2, 0) is 19.2 Å². The van der Waals surface area contributed by atoms with Crippen LogP contribution in [0.15, 0.2) is 11.6 Å². The van der Waals surface area contributed by atoms with Gasteiger partial charge in [-0.05, 0) is 70.8 Å². The van der Waals surface area contributed by atoms with Crippen molar-refractivity contribution >= 4 is 23.6 Å². The molecule has 2 aliphatic heterocycles. The summed E-state index contributed by atoms with van der Waals surface area (Å²) in [5.74, 6) is -0.468. The highest BCUT2D eigenvalue weighted by molar-refractivity contribution is 5.97. The molecule has 0 bridgehead atoms. The van der Waals surface area contributed by atoms with E-state index in [1.54, 1.807) is 23.8 Å². The molecule has 2 aliphatic rings. The highest BCUT2D eigenvalue weighted by Gasteiger charge is 2.40. The van der Waals surface area contributed by atoms with Crippen LogP contribution in [0.25, 0.3) is 0 Å². The molecule has 0 aromatic carbocycles. The van der Waals surface area contributed by atoms with Gasteiger partial charge in [-0.3, -0.25) is 24.1 Å². The molecule has 9 heteroatoms. The zero-order valence-corrected chi connectivity index (χ0v) is 30.2. The molecule has 4 amide bonds. The number of nitrogens with one attached hydrogen (secondary N) is 2. The standard InChI is InChI=1S/C36H65N5O4/c1-11-12-13-14-16-21-37-32(42)28-20-18-23-41(28)34(44)27(6)24-30(25(2)3)39(10)35(45)31(36(7,8)9)38-33(43)29-19-15-17-22-40(29)26(4)5/h24-26,28-31H,11-23H2,1-10H3,(H,37,42)(H,38,43)/b27-24+/t28-,29?,30+,31?/m0/s1. The van der Waals surface area contributed by atoms with Crippen molar-refractivity contribution in [3.8, 4) is 0 Å². The van der Waals surface area contributed by atoms with Crippen molar-refractivity contribution in [2.75, 3.05) is 26.7 Å². The van der Waals surface area contributed by atoms with Gasteiger partial charge in [0.15, 0.2) is 0 Å². The molecule has 0 aromatic rings. The van der Waals surface area contributed by atoms with Gasteiger partial charge in [0.25, 0.3) is 0 Å². The first-order valence-electron chi connectivity index (χ1n) is 17.7. The van der Waals surface area contributed by atoms with Crippen LogP contribution >= 0.6 is 0 Å². The summed E-state index contributed by atoms with van der Waals surface area (Å²) in [4.78, 5) is 60.0. The van der Waals surface area contributed by atoms with Gasteiger partial charge in [0.2, 0.25) is 23.6 Å². The molecule has 2 rings (SSSR count). The number of likely N-dealkylation sites (N-methyl/N-ethyl adjacent to an activating group) is 1. The average Bonchev–Trinajstić information content (AvgIpc) is 3.48. The lowest BCUT2D eigenvalue weighted by Gasteiger charge is -2.41. The molecule has 2 saturated heterocycles. The Kier molecular flexibility index (Phi) is 15.6. The second-order valence-electron chi connectivity index (χ2n) is 15.0. The van der Waals surface area contributed by atoms with Crippen molar-refractivity contribution in [1.82, 2.24) is 25.3 Å². The summed E-state index contributed by atoms with van der Waals surface area (Å²) in [6.45, 7) is 20.3. The van der Waals surface area contributed by atoms with Crippen molar-refractivity contribution < 1.29 is 19.2 Å². The third-order valence-corrected chi connectivity index (χ3v) is 9.54. The monoisotopic (exact) mass is 632 g/mol. The van der Waals surface area contributed by atoms with Crippen LogP contribution in [0.5, 0.6) is 0 Å². The third-order valence-electron chi connectivity index (χ3n) is 9.54. The van der Waals surface area contributed by atoms with E-state index in [1.165, 1.54) is 19.3 Å². The molecule has 2 N–H and O–H groups in total. The van der Waals surface area contributed by atoms with Crippen molar-refractivity contribution in [3.63, 3.8) is 0 Å². The quantitative estimate of drug-likeness (QED) is 0.189. The molecule has 2 fully saturated rings. The first-order valence-corrected chi connectivity index (χ1v) is 17.7. The molecule has 258 valence electrons. The van der Waals surface area contributed by atoms with Crippen LogP contribution < -0.4 is 10.6 Å². The van der Waals surface area contributed by atoms with E-state index in [1.807, 2.05) is 40.7 Å². The number of carbonyl (C=O) groups excluding carboxylic acids is 4. The lowest BCUT2D eigenvalue weighted by molar-refractivity contribution is -0.142. The maximum absolute atomic E-state index is 14.1. The van der Waals surface area contributed by atoms with Crippen molar-refractivity contribution in [2.45, 2.75) is 157 Å². The number of likely N-dealkylation sites (tertiary alicyclic amines) is 2. The normalized spacial score (nSPS) is 21.2. The summed E-state index contributed by atoms with van der Waals surface area (Å²) in [6.07, 6.45) is 11.8. The minimum Gasteiger partial charge on any atom is -0.354 e. The largest absolute Gasteiger partial charge is 0.354 e. The Morgan fingerprint density at radius 2 is 1.53 bits per heavy atom. The van der Waals surface area contributed by atoms with Gasteiger partial charge >= 0.3 is 0 Å². The Bertz CT molecular complexity index is 1020.